The van der Waals surface area contributed by atoms with E-state index in [1.165, 1.54) is 0 Å². The van der Waals surface area contributed by atoms with Crippen LogP contribution in [0.4, 0.5) is 0 Å². The Hall–Kier alpha value is -2.97. The Bertz CT molecular complexity index is 1190. The summed E-state index contributed by atoms with van der Waals surface area (Å²) in [6.07, 6.45) is 3.58. The largest absolute Gasteiger partial charge is 0.416 e. The summed E-state index contributed by atoms with van der Waals surface area (Å²) in [7, 11) is 0. The summed E-state index contributed by atoms with van der Waals surface area (Å²) in [6.45, 7) is 1.86. The van der Waals surface area contributed by atoms with Gasteiger partial charge < -0.3 is 14.7 Å². The lowest BCUT2D eigenvalue weighted by Gasteiger charge is -2.23. The molecule has 0 amide bonds. The lowest BCUT2D eigenvalue weighted by molar-refractivity contribution is 0.446. The molecule has 0 bridgehead atoms. The molecule has 2 N–H and O–H groups in total. The molecule has 0 spiro atoms. The highest BCUT2D eigenvalue weighted by Gasteiger charge is 2.22. The third kappa shape index (κ3) is 3.00. The monoisotopic (exact) mass is 396 g/mol. The molecule has 0 aliphatic carbocycles. The number of aromatic nitrogens is 5. The number of nitrogens with one attached hydrogen (secondary N) is 2. The van der Waals surface area contributed by atoms with Crippen LogP contribution in [0.3, 0.4) is 0 Å². The van der Waals surface area contributed by atoms with Crippen molar-refractivity contribution in [1.82, 2.24) is 30.1 Å². The highest BCUT2D eigenvalue weighted by Crippen LogP contribution is 2.29. The summed E-state index contributed by atoms with van der Waals surface area (Å²) in [6, 6.07) is 8.78. The van der Waals surface area contributed by atoms with Crippen LogP contribution >= 0.6 is 11.6 Å². The molecule has 28 heavy (non-hydrogen) atoms. The number of aromatic amines is 1. The number of nitrogens with zero attached hydrogens (tertiary/aromatic N) is 4. The van der Waals surface area contributed by atoms with Crippen molar-refractivity contribution in [2.24, 2.45) is 0 Å². The molecule has 9 heteroatoms. The molecule has 1 aliphatic rings. The van der Waals surface area contributed by atoms with Gasteiger partial charge in [-0.05, 0) is 50.2 Å². The van der Waals surface area contributed by atoms with Crippen molar-refractivity contribution in [2.75, 3.05) is 13.1 Å². The first-order chi connectivity index (χ1) is 13.7. The van der Waals surface area contributed by atoms with Gasteiger partial charge >= 0.3 is 0 Å². The molecule has 0 atom stereocenters. The van der Waals surface area contributed by atoms with Crippen LogP contribution in [0.2, 0.25) is 5.02 Å². The van der Waals surface area contributed by atoms with E-state index in [2.05, 4.69) is 25.6 Å². The quantitative estimate of drug-likeness (QED) is 0.552. The van der Waals surface area contributed by atoms with E-state index in [-0.39, 0.29) is 11.5 Å². The zero-order chi connectivity index (χ0) is 19.1. The second-order valence-electron chi connectivity index (χ2n) is 6.82. The molecule has 5 rings (SSSR count). The van der Waals surface area contributed by atoms with E-state index in [0.717, 1.165) is 37.2 Å². The first kappa shape index (κ1) is 17.2. The fourth-order valence-corrected chi connectivity index (χ4v) is 3.74. The fraction of sp³-hybridized carbons (Fsp3) is 0.263. The molecule has 4 aromatic rings. The molecule has 0 unspecified atom stereocenters. The van der Waals surface area contributed by atoms with Gasteiger partial charge in [0.2, 0.25) is 5.89 Å². The molecule has 8 nitrogen and oxygen atoms in total. The van der Waals surface area contributed by atoms with Gasteiger partial charge in [-0.25, -0.2) is 4.52 Å². The molecule has 142 valence electrons. The maximum absolute atomic E-state index is 12.3. The van der Waals surface area contributed by atoms with Crippen LogP contribution in [0.5, 0.6) is 0 Å². The number of fused-ring (bicyclic) bond motifs is 1. The van der Waals surface area contributed by atoms with Crippen LogP contribution in [0, 0.1) is 0 Å². The predicted molar refractivity (Wildman–Crippen MR) is 104 cm³/mol. The molecule has 1 aromatic carbocycles. The smallest absolute Gasteiger partial charge is 0.253 e. The predicted octanol–water partition coefficient (Wildman–Crippen LogP) is 2.86. The van der Waals surface area contributed by atoms with Crippen LogP contribution in [0.1, 0.15) is 24.5 Å². The fourth-order valence-electron chi connectivity index (χ4n) is 3.62. The highest BCUT2D eigenvalue weighted by atomic mass is 35.5. The molecular weight excluding hydrogens is 380 g/mol. The highest BCUT2D eigenvalue weighted by molar-refractivity contribution is 6.30. The number of H-pyrrole nitrogens is 1. The van der Waals surface area contributed by atoms with Crippen LogP contribution in [-0.4, -0.2) is 37.9 Å². The number of benzene rings is 1. The molecule has 4 heterocycles. The summed E-state index contributed by atoms with van der Waals surface area (Å²) in [5.74, 6) is 0.965. The van der Waals surface area contributed by atoms with Crippen molar-refractivity contribution in [2.45, 2.75) is 18.8 Å². The molecule has 1 fully saturated rings. The molecule has 1 aliphatic heterocycles. The van der Waals surface area contributed by atoms with E-state index in [0.29, 0.717) is 28.0 Å². The number of hydrogen-bond acceptors (Lipinski definition) is 6. The average Bonchev–Trinajstić information content (AvgIpc) is 3.35. The van der Waals surface area contributed by atoms with Crippen LogP contribution < -0.4 is 10.9 Å². The van der Waals surface area contributed by atoms with Gasteiger partial charge in [0, 0.05) is 22.6 Å². The normalized spacial score (nSPS) is 15.3. The molecular formula is C19H17ClN6O2. The number of halogens is 1. The van der Waals surface area contributed by atoms with Gasteiger partial charge in [0.1, 0.15) is 11.2 Å². The topological polar surface area (TPSA) is 101 Å². The second-order valence-corrected chi connectivity index (χ2v) is 7.26. The summed E-state index contributed by atoms with van der Waals surface area (Å²) >= 11 is 5.93. The van der Waals surface area contributed by atoms with Crippen molar-refractivity contribution in [1.29, 1.82) is 0 Å². The lowest BCUT2D eigenvalue weighted by Crippen LogP contribution is -2.28. The van der Waals surface area contributed by atoms with E-state index in [9.17, 15) is 4.79 Å². The van der Waals surface area contributed by atoms with Crippen molar-refractivity contribution < 1.29 is 4.42 Å². The van der Waals surface area contributed by atoms with Gasteiger partial charge in [0.05, 0.1) is 11.9 Å². The van der Waals surface area contributed by atoms with E-state index in [1.54, 1.807) is 28.9 Å². The third-order valence-corrected chi connectivity index (χ3v) is 5.29. The third-order valence-electron chi connectivity index (χ3n) is 5.04. The van der Waals surface area contributed by atoms with Crippen LogP contribution in [0.15, 0.2) is 45.7 Å². The minimum atomic E-state index is -0.166. The average molecular weight is 397 g/mol. The number of hydrogen-bond donors (Lipinski definition) is 2. The van der Waals surface area contributed by atoms with Crippen LogP contribution in [0.25, 0.3) is 28.6 Å². The van der Waals surface area contributed by atoms with E-state index in [4.69, 9.17) is 16.0 Å². The zero-order valence-electron chi connectivity index (χ0n) is 14.9. The SMILES string of the molecule is O=c1cc(C2CCNCC2)n2ncc(-c3nnc(-c4ccc(Cl)cc4)o3)c2[nH]1. The van der Waals surface area contributed by atoms with Gasteiger partial charge in [-0.15, -0.1) is 10.2 Å². The molecule has 0 saturated carbocycles. The van der Waals surface area contributed by atoms with E-state index in [1.807, 2.05) is 12.1 Å². The zero-order valence-corrected chi connectivity index (χ0v) is 15.6. The summed E-state index contributed by atoms with van der Waals surface area (Å²) in [5, 5.41) is 16.7. The van der Waals surface area contributed by atoms with E-state index >= 15 is 0 Å². The van der Waals surface area contributed by atoms with Crippen molar-refractivity contribution in [3.8, 4) is 22.9 Å². The minimum absolute atomic E-state index is 0.166. The molecule has 0 radical (unpaired) electrons. The number of rotatable bonds is 3. The first-order valence-corrected chi connectivity index (χ1v) is 9.48. The summed E-state index contributed by atoms with van der Waals surface area (Å²) in [4.78, 5) is 15.2. The Balaban J connectivity index is 1.58. The Morgan fingerprint density at radius 2 is 1.86 bits per heavy atom. The standard InChI is InChI=1S/C19H17ClN6O2/c20-13-3-1-12(2-4-13)18-24-25-19(28-18)14-10-22-26-15(9-16(27)23-17(14)26)11-5-7-21-8-6-11/h1-4,9-11,21H,5-8H2,(H,23,27). The van der Waals surface area contributed by atoms with E-state index < -0.39 is 0 Å². The Morgan fingerprint density at radius 1 is 1.11 bits per heavy atom. The van der Waals surface area contributed by atoms with Gasteiger partial charge in [-0.3, -0.25) is 4.79 Å². The summed E-state index contributed by atoms with van der Waals surface area (Å²) < 4.78 is 7.61. The van der Waals surface area contributed by atoms with Crippen LogP contribution in [-0.2, 0) is 0 Å². The summed E-state index contributed by atoms with van der Waals surface area (Å²) in [5.41, 5.74) is 2.67. The maximum atomic E-state index is 12.3. The second kappa shape index (κ2) is 6.88. The van der Waals surface area contributed by atoms with Gasteiger partial charge in [0.25, 0.3) is 11.4 Å². The molecule has 1 saturated heterocycles. The Morgan fingerprint density at radius 3 is 2.64 bits per heavy atom. The van der Waals surface area contributed by atoms with Gasteiger partial charge in [-0.2, -0.15) is 5.10 Å². The number of piperidine rings is 1. The maximum Gasteiger partial charge on any atom is 0.253 e. The minimum Gasteiger partial charge on any atom is -0.416 e. The Labute approximate surface area is 164 Å². The molecule has 3 aromatic heterocycles. The van der Waals surface area contributed by atoms with Gasteiger partial charge in [0.15, 0.2) is 0 Å². The van der Waals surface area contributed by atoms with Crippen molar-refractivity contribution in [3.63, 3.8) is 0 Å². The van der Waals surface area contributed by atoms with Gasteiger partial charge in [-0.1, -0.05) is 11.6 Å². The van der Waals surface area contributed by atoms with Crippen molar-refractivity contribution >= 4 is 17.2 Å². The lowest BCUT2D eigenvalue weighted by atomic mass is 9.94. The van der Waals surface area contributed by atoms with Crippen molar-refractivity contribution in [3.05, 3.63) is 57.6 Å². The first-order valence-electron chi connectivity index (χ1n) is 9.10. The Kier molecular flexibility index (Phi) is 4.22.